The van der Waals surface area contributed by atoms with E-state index in [1.54, 1.807) is 0 Å². The van der Waals surface area contributed by atoms with Gasteiger partial charge in [0.05, 0.1) is 0 Å². The predicted octanol–water partition coefficient (Wildman–Crippen LogP) is 1.51. The molecule has 1 aliphatic rings. The first kappa shape index (κ1) is 9.04. The molecule has 11 heavy (non-hydrogen) atoms. The van der Waals surface area contributed by atoms with Crippen molar-refractivity contribution in [2.75, 3.05) is 19.8 Å². The van der Waals surface area contributed by atoms with E-state index in [1.807, 2.05) is 0 Å². The maximum Gasteiger partial charge on any atom is 0.0480 e. The highest BCUT2D eigenvalue weighted by Crippen LogP contribution is 2.06. The number of ether oxygens (including phenoxy) is 1. The summed E-state index contributed by atoms with van der Waals surface area (Å²) in [5.41, 5.74) is 0. The van der Waals surface area contributed by atoms with Gasteiger partial charge in [-0.3, -0.25) is 0 Å². The average Bonchev–Trinajstić information content (AvgIpc) is 2.03. The van der Waals surface area contributed by atoms with Gasteiger partial charge in [0, 0.05) is 30.8 Å². The van der Waals surface area contributed by atoms with Crippen LogP contribution in [0.1, 0.15) is 12.8 Å². The predicted molar refractivity (Wildman–Crippen MR) is 46.8 cm³/mol. The number of hydrogen-bond donors (Lipinski definition) is 1. The number of hydrogen-bond acceptors (Lipinski definition) is 2. The first-order valence-electron chi connectivity index (χ1n) is 3.93. The molecular formula is C8H14ClNO. The van der Waals surface area contributed by atoms with E-state index in [4.69, 9.17) is 16.3 Å². The second-order valence-electron chi connectivity index (χ2n) is 2.78. The van der Waals surface area contributed by atoms with Crippen LogP contribution in [-0.4, -0.2) is 25.8 Å². The Labute approximate surface area is 72.6 Å². The van der Waals surface area contributed by atoms with Crippen molar-refractivity contribution in [3.8, 4) is 0 Å². The fraction of sp³-hybridized carbons (Fsp3) is 0.750. The molecule has 0 aromatic rings. The Bertz CT molecular complexity index is 132. The summed E-state index contributed by atoms with van der Waals surface area (Å²) in [4.78, 5) is 0. The zero-order valence-electron chi connectivity index (χ0n) is 6.61. The molecule has 0 saturated carbocycles. The van der Waals surface area contributed by atoms with E-state index in [9.17, 15) is 0 Å². The summed E-state index contributed by atoms with van der Waals surface area (Å²) in [7, 11) is 0. The maximum absolute atomic E-state index is 5.61. The fourth-order valence-corrected chi connectivity index (χ4v) is 1.23. The van der Waals surface area contributed by atoms with Gasteiger partial charge in [0.15, 0.2) is 0 Å². The summed E-state index contributed by atoms with van der Waals surface area (Å²) in [6, 6.07) is 0.569. The molecule has 0 radical (unpaired) electrons. The lowest BCUT2D eigenvalue weighted by molar-refractivity contribution is 0.0789. The summed E-state index contributed by atoms with van der Waals surface area (Å²) < 4.78 is 5.21. The molecule has 1 rings (SSSR count). The van der Waals surface area contributed by atoms with Crippen LogP contribution in [0.3, 0.4) is 0 Å². The van der Waals surface area contributed by atoms with E-state index < -0.39 is 0 Å². The summed E-state index contributed by atoms with van der Waals surface area (Å²) >= 11 is 5.61. The van der Waals surface area contributed by atoms with Gasteiger partial charge >= 0.3 is 0 Å². The van der Waals surface area contributed by atoms with Crippen molar-refractivity contribution in [3.63, 3.8) is 0 Å². The third-order valence-corrected chi connectivity index (χ3v) is 1.94. The minimum absolute atomic E-state index is 0.569. The Hall–Kier alpha value is -0.0500. The Balaban J connectivity index is 2.09. The number of rotatable bonds is 3. The van der Waals surface area contributed by atoms with Crippen LogP contribution in [0.15, 0.2) is 11.6 Å². The minimum Gasteiger partial charge on any atom is -0.381 e. The zero-order chi connectivity index (χ0) is 8.10. The van der Waals surface area contributed by atoms with Gasteiger partial charge in [-0.2, -0.15) is 0 Å². The van der Waals surface area contributed by atoms with Crippen molar-refractivity contribution in [3.05, 3.63) is 11.6 Å². The molecule has 0 amide bonds. The van der Waals surface area contributed by atoms with E-state index in [0.29, 0.717) is 17.6 Å². The van der Waals surface area contributed by atoms with Gasteiger partial charge in [0.25, 0.3) is 0 Å². The molecule has 1 saturated heterocycles. The Morgan fingerprint density at radius 2 is 2.18 bits per heavy atom. The van der Waals surface area contributed by atoms with Gasteiger partial charge in [-0.05, 0) is 12.8 Å². The maximum atomic E-state index is 5.61. The molecule has 64 valence electrons. The molecule has 1 N–H and O–H groups in total. The van der Waals surface area contributed by atoms with Crippen molar-refractivity contribution in [2.24, 2.45) is 0 Å². The van der Waals surface area contributed by atoms with Gasteiger partial charge in [-0.25, -0.2) is 0 Å². The second kappa shape index (κ2) is 4.75. The lowest BCUT2D eigenvalue weighted by atomic mass is 10.1. The van der Waals surface area contributed by atoms with E-state index in [1.165, 1.54) is 0 Å². The third-order valence-electron chi connectivity index (χ3n) is 1.80. The van der Waals surface area contributed by atoms with E-state index in [0.717, 1.165) is 26.1 Å². The summed E-state index contributed by atoms with van der Waals surface area (Å²) in [6.07, 6.45) is 2.17. The SMILES string of the molecule is C=C(Cl)CNC1CCOCC1. The summed E-state index contributed by atoms with van der Waals surface area (Å²) in [6.45, 7) is 6.06. The summed E-state index contributed by atoms with van der Waals surface area (Å²) in [5, 5.41) is 3.99. The molecule has 3 heteroatoms. The lowest BCUT2D eigenvalue weighted by Crippen LogP contribution is -2.35. The van der Waals surface area contributed by atoms with Crippen LogP contribution in [0.2, 0.25) is 0 Å². The number of nitrogens with one attached hydrogen (secondary N) is 1. The van der Waals surface area contributed by atoms with Crippen LogP contribution in [0.25, 0.3) is 0 Å². The molecule has 0 aliphatic carbocycles. The van der Waals surface area contributed by atoms with Crippen molar-refractivity contribution >= 4 is 11.6 Å². The van der Waals surface area contributed by atoms with Crippen LogP contribution < -0.4 is 5.32 Å². The second-order valence-corrected chi connectivity index (χ2v) is 3.32. The topological polar surface area (TPSA) is 21.3 Å². The van der Waals surface area contributed by atoms with Crippen LogP contribution in [0, 0.1) is 0 Å². The van der Waals surface area contributed by atoms with Crippen LogP contribution in [0.5, 0.6) is 0 Å². The van der Waals surface area contributed by atoms with Crippen molar-refractivity contribution < 1.29 is 4.74 Å². The number of halogens is 1. The van der Waals surface area contributed by atoms with Crippen molar-refractivity contribution in [1.29, 1.82) is 0 Å². The van der Waals surface area contributed by atoms with Gasteiger partial charge in [-0.1, -0.05) is 18.2 Å². The molecule has 1 heterocycles. The van der Waals surface area contributed by atoms with Crippen LogP contribution in [0.4, 0.5) is 0 Å². The highest BCUT2D eigenvalue weighted by atomic mass is 35.5. The third kappa shape index (κ3) is 3.75. The van der Waals surface area contributed by atoms with E-state index in [-0.39, 0.29) is 0 Å². The largest absolute Gasteiger partial charge is 0.381 e. The minimum atomic E-state index is 0.569. The van der Waals surface area contributed by atoms with Crippen LogP contribution >= 0.6 is 11.6 Å². The Morgan fingerprint density at radius 3 is 2.73 bits per heavy atom. The fourth-order valence-electron chi connectivity index (χ4n) is 1.16. The standard InChI is InChI=1S/C8H14ClNO/c1-7(9)6-10-8-2-4-11-5-3-8/h8,10H,1-6H2. The quantitative estimate of drug-likeness (QED) is 0.702. The first-order chi connectivity index (χ1) is 5.29. The molecule has 0 bridgehead atoms. The molecule has 2 nitrogen and oxygen atoms in total. The average molecular weight is 176 g/mol. The summed E-state index contributed by atoms with van der Waals surface area (Å²) in [5.74, 6) is 0. The van der Waals surface area contributed by atoms with Gasteiger partial charge < -0.3 is 10.1 Å². The lowest BCUT2D eigenvalue weighted by Gasteiger charge is -2.22. The molecule has 0 spiro atoms. The van der Waals surface area contributed by atoms with Crippen molar-refractivity contribution in [1.82, 2.24) is 5.32 Å². The molecule has 0 unspecified atom stereocenters. The van der Waals surface area contributed by atoms with Crippen molar-refractivity contribution in [2.45, 2.75) is 18.9 Å². The highest BCUT2D eigenvalue weighted by molar-refractivity contribution is 6.29. The molecule has 0 atom stereocenters. The molecular weight excluding hydrogens is 162 g/mol. The molecule has 1 fully saturated rings. The van der Waals surface area contributed by atoms with Gasteiger partial charge in [0.1, 0.15) is 0 Å². The normalized spacial score (nSPS) is 20.1. The zero-order valence-corrected chi connectivity index (χ0v) is 7.36. The van der Waals surface area contributed by atoms with Gasteiger partial charge in [0.2, 0.25) is 0 Å². The van der Waals surface area contributed by atoms with E-state index >= 15 is 0 Å². The molecule has 0 aromatic carbocycles. The highest BCUT2D eigenvalue weighted by Gasteiger charge is 2.12. The Morgan fingerprint density at radius 1 is 1.55 bits per heavy atom. The van der Waals surface area contributed by atoms with Gasteiger partial charge in [-0.15, -0.1) is 0 Å². The smallest absolute Gasteiger partial charge is 0.0480 e. The molecule has 1 aliphatic heterocycles. The monoisotopic (exact) mass is 175 g/mol. The molecule has 0 aromatic heterocycles. The Kier molecular flexibility index (Phi) is 3.91. The first-order valence-corrected chi connectivity index (χ1v) is 4.31. The van der Waals surface area contributed by atoms with Crippen LogP contribution in [-0.2, 0) is 4.74 Å². The van der Waals surface area contributed by atoms with E-state index in [2.05, 4.69) is 11.9 Å².